The van der Waals surface area contributed by atoms with Crippen LogP contribution < -0.4 is 0 Å². The third-order valence-corrected chi connectivity index (χ3v) is 3.39. The molecule has 1 aliphatic carbocycles. The molecule has 48 valence electrons. The second kappa shape index (κ2) is 1.60. The zero-order valence-corrected chi connectivity index (χ0v) is 6.52. The lowest BCUT2D eigenvalue weighted by atomic mass is 10.2. The Balaban J connectivity index is 2.34. The van der Waals surface area contributed by atoms with Gasteiger partial charge in [0, 0.05) is 11.6 Å². The Morgan fingerprint density at radius 1 is 1.67 bits per heavy atom. The predicted molar refractivity (Wildman–Crippen MR) is 40.3 cm³/mol. The van der Waals surface area contributed by atoms with Crippen LogP contribution in [0, 0.1) is 0 Å². The maximum absolute atomic E-state index is 4.32. The maximum Gasteiger partial charge on any atom is 0.0620 e. The van der Waals surface area contributed by atoms with Gasteiger partial charge in [-0.3, -0.25) is 4.98 Å². The van der Waals surface area contributed by atoms with E-state index in [1.807, 2.05) is 6.20 Å². The van der Waals surface area contributed by atoms with Crippen LogP contribution in [0.3, 0.4) is 0 Å². The molecule has 0 bridgehead atoms. The van der Waals surface area contributed by atoms with Crippen molar-refractivity contribution in [3.63, 3.8) is 0 Å². The third kappa shape index (κ3) is 0.801. The van der Waals surface area contributed by atoms with Gasteiger partial charge in [-0.05, 0) is 18.6 Å². The fraction of sp³-hybridized carbons (Fsp3) is 0.571. The molecule has 1 heterocycles. The van der Waals surface area contributed by atoms with Crippen molar-refractivity contribution < 1.29 is 0 Å². The Morgan fingerprint density at radius 3 is 2.89 bits per heavy atom. The summed E-state index contributed by atoms with van der Waals surface area (Å²) in [4.78, 5) is 4.32. The summed E-state index contributed by atoms with van der Waals surface area (Å²) in [6.45, 7) is 2.31. The Hall–Kier alpha value is -0.290. The van der Waals surface area contributed by atoms with Gasteiger partial charge in [-0.15, -0.1) is 8.19 Å². The second-order valence-corrected chi connectivity index (χ2v) is 4.09. The molecule has 1 saturated carbocycles. The van der Waals surface area contributed by atoms with Crippen molar-refractivity contribution in [1.82, 2.24) is 4.98 Å². The monoisotopic (exact) mass is 139 g/mol. The average molecular weight is 139 g/mol. The number of hydrogen-bond acceptors (Lipinski definition) is 1. The Morgan fingerprint density at radius 2 is 2.44 bits per heavy atom. The van der Waals surface area contributed by atoms with E-state index in [0.29, 0.717) is 5.41 Å². The van der Waals surface area contributed by atoms with E-state index < -0.39 is 0 Å². The van der Waals surface area contributed by atoms with Crippen molar-refractivity contribution in [2.75, 3.05) is 0 Å². The molecule has 1 fully saturated rings. The number of aromatic nitrogens is 1. The first-order valence-electron chi connectivity index (χ1n) is 3.31. The molecule has 0 aliphatic heterocycles. The summed E-state index contributed by atoms with van der Waals surface area (Å²) in [6.07, 6.45) is 4.67. The van der Waals surface area contributed by atoms with Crippen LogP contribution in [-0.4, -0.2) is 4.98 Å². The van der Waals surface area contributed by atoms with Crippen molar-refractivity contribution in [2.24, 2.45) is 0 Å². The highest BCUT2D eigenvalue weighted by Crippen LogP contribution is 2.49. The average Bonchev–Trinajstić information content (AvgIpc) is 2.46. The Kier molecular flexibility index (Phi) is 0.979. The number of rotatable bonds is 1. The van der Waals surface area contributed by atoms with Gasteiger partial charge in [0.2, 0.25) is 0 Å². The van der Waals surface area contributed by atoms with Gasteiger partial charge in [-0.25, -0.2) is 0 Å². The van der Waals surface area contributed by atoms with E-state index >= 15 is 0 Å². The van der Waals surface area contributed by atoms with Crippen LogP contribution in [0.5, 0.6) is 0 Å². The van der Waals surface area contributed by atoms with E-state index in [9.17, 15) is 0 Å². The van der Waals surface area contributed by atoms with E-state index in [-0.39, 0.29) is 0 Å². The van der Waals surface area contributed by atoms with Gasteiger partial charge >= 0.3 is 0 Å². The first kappa shape index (κ1) is 5.49. The van der Waals surface area contributed by atoms with Crippen LogP contribution >= 0.6 is 8.19 Å². The second-order valence-electron chi connectivity index (χ2n) is 3.00. The normalized spacial score (nSPS) is 22.8. The van der Waals surface area contributed by atoms with Crippen molar-refractivity contribution in [2.45, 2.75) is 25.2 Å². The van der Waals surface area contributed by atoms with Crippen LogP contribution in [0.25, 0.3) is 0 Å². The molecule has 1 aromatic rings. The fourth-order valence-corrected chi connectivity index (χ4v) is 2.07. The highest BCUT2D eigenvalue weighted by atomic mass is 31.0. The van der Waals surface area contributed by atoms with Crippen LogP contribution in [0.4, 0.5) is 0 Å². The molecule has 9 heavy (non-hydrogen) atoms. The van der Waals surface area contributed by atoms with Crippen molar-refractivity contribution in [3.05, 3.63) is 17.4 Å². The molecule has 0 amide bonds. The molecule has 2 rings (SSSR count). The SMILES string of the molecule is CC1(c2ncc[pH]2)CC1. The summed E-state index contributed by atoms with van der Waals surface area (Å²) in [7, 11) is 0.883. The van der Waals surface area contributed by atoms with Crippen LogP contribution in [0.2, 0.25) is 0 Å². The van der Waals surface area contributed by atoms with Gasteiger partial charge in [-0.2, -0.15) is 0 Å². The third-order valence-electron chi connectivity index (χ3n) is 2.07. The predicted octanol–water partition coefficient (Wildman–Crippen LogP) is 2.16. The molecule has 2 heteroatoms. The molecule has 0 saturated heterocycles. The van der Waals surface area contributed by atoms with Gasteiger partial charge in [0.1, 0.15) is 0 Å². The molecule has 1 aliphatic rings. The minimum absolute atomic E-state index is 0.530. The van der Waals surface area contributed by atoms with Crippen LogP contribution in [0.1, 0.15) is 25.2 Å². The van der Waals surface area contributed by atoms with E-state index in [1.54, 1.807) is 0 Å². The highest BCUT2D eigenvalue weighted by Gasteiger charge is 2.40. The standard InChI is InChI=1S/C7H10NP/c1-7(2-3-7)6-8-4-5-9-6/h4-5,9H,2-3H2,1H3. The Bertz CT molecular complexity index is 199. The van der Waals surface area contributed by atoms with Crippen molar-refractivity contribution in [3.8, 4) is 0 Å². The minimum Gasteiger partial charge on any atom is -0.256 e. The van der Waals surface area contributed by atoms with Gasteiger partial charge in [0.25, 0.3) is 0 Å². The van der Waals surface area contributed by atoms with Gasteiger partial charge in [-0.1, -0.05) is 6.92 Å². The lowest BCUT2D eigenvalue weighted by Gasteiger charge is -2.00. The molecule has 1 atom stereocenters. The number of hydrogen-bond donors (Lipinski definition) is 0. The zero-order chi connectivity index (χ0) is 6.32. The molecule has 1 aromatic heterocycles. The molecule has 0 spiro atoms. The summed E-state index contributed by atoms with van der Waals surface area (Å²) in [5, 5.41) is 0. The first-order valence-corrected chi connectivity index (χ1v) is 4.39. The molecular formula is C7H10NP. The zero-order valence-electron chi connectivity index (χ0n) is 5.52. The minimum atomic E-state index is 0.530. The number of nitrogens with zero attached hydrogens (tertiary/aromatic N) is 1. The fourth-order valence-electron chi connectivity index (χ4n) is 1.02. The lowest BCUT2D eigenvalue weighted by molar-refractivity contribution is 0.777. The first-order chi connectivity index (χ1) is 4.31. The molecular weight excluding hydrogens is 129 g/mol. The van der Waals surface area contributed by atoms with Gasteiger partial charge in [0.15, 0.2) is 0 Å². The van der Waals surface area contributed by atoms with Gasteiger partial charge in [0.05, 0.1) is 5.43 Å². The topological polar surface area (TPSA) is 12.9 Å². The molecule has 1 unspecified atom stereocenters. The van der Waals surface area contributed by atoms with E-state index in [0.717, 1.165) is 8.19 Å². The summed E-state index contributed by atoms with van der Waals surface area (Å²) >= 11 is 0. The smallest absolute Gasteiger partial charge is 0.0620 e. The van der Waals surface area contributed by atoms with Gasteiger partial charge < -0.3 is 0 Å². The summed E-state index contributed by atoms with van der Waals surface area (Å²) in [5.74, 6) is 2.17. The Labute approximate surface area is 56.6 Å². The lowest BCUT2D eigenvalue weighted by Crippen LogP contribution is -1.96. The maximum atomic E-state index is 4.32. The highest BCUT2D eigenvalue weighted by molar-refractivity contribution is 7.30. The summed E-state index contributed by atoms with van der Waals surface area (Å²) in [6, 6.07) is 0. The summed E-state index contributed by atoms with van der Waals surface area (Å²) < 4.78 is 0. The quantitative estimate of drug-likeness (QED) is 0.581. The van der Waals surface area contributed by atoms with E-state index in [2.05, 4.69) is 17.7 Å². The van der Waals surface area contributed by atoms with E-state index in [1.165, 1.54) is 18.3 Å². The van der Waals surface area contributed by atoms with Crippen molar-refractivity contribution in [1.29, 1.82) is 0 Å². The van der Waals surface area contributed by atoms with Crippen LogP contribution in [0.15, 0.2) is 12.0 Å². The molecule has 0 aromatic carbocycles. The molecule has 0 radical (unpaired) electrons. The van der Waals surface area contributed by atoms with Crippen LogP contribution in [-0.2, 0) is 5.41 Å². The molecule has 1 nitrogen and oxygen atoms in total. The largest absolute Gasteiger partial charge is 0.256 e. The summed E-state index contributed by atoms with van der Waals surface area (Å²) in [5.41, 5.74) is 1.96. The van der Waals surface area contributed by atoms with E-state index in [4.69, 9.17) is 0 Å². The molecule has 0 N–H and O–H groups in total. The van der Waals surface area contributed by atoms with Crippen molar-refractivity contribution >= 4 is 8.19 Å².